The van der Waals surface area contributed by atoms with Gasteiger partial charge in [0.2, 0.25) is 0 Å². The maximum Gasteiger partial charge on any atom is 0.0333 e. The minimum atomic E-state index is 0.633. The molecule has 21 heavy (non-hydrogen) atoms. The second-order valence-electron chi connectivity index (χ2n) is 8.73. The number of likely N-dealkylation sites (N-methyl/N-ethyl adjacent to an activating group) is 1. The van der Waals surface area contributed by atoms with Crippen molar-refractivity contribution >= 4 is 0 Å². The average molecular weight is 287 g/mol. The van der Waals surface area contributed by atoms with Gasteiger partial charge in [0, 0.05) is 6.04 Å². The van der Waals surface area contributed by atoms with Crippen LogP contribution in [0.4, 0.5) is 0 Å². The Morgan fingerprint density at radius 2 is 1.57 bits per heavy atom. The van der Waals surface area contributed by atoms with E-state index >= 15 is 0 Å². The Bertz CT molecular complexity index is 373. The Balaban J connectivity index is 1.60. The van der Waals surface area contributed by atoms with Gasteiger partial charge in [-0.05, 0) is 94.4 Å². The lowest BCUT2D eigenvalue weighted by molar-refractivity contribution is -0.0664. The molecule has 4 fully saturated rings. The zero-order chi connectivity index (χ0) is 14.3. The van der Waals surface area contributed by atoms with Crippen molar-refractivity contribution in [2.75, 3.05) is 7.05 Å². The van der Waals surface area contributed by atoms with Crippen LogP contribution in [0.15, 0.2) is 11.6 Å². The Morgan fingerprint density at radius 1 is 0.952 bits per heavy atom. The van der Waals surface area contributed by atoms with Crippen LogP contribution in [0.3, 0.4) is 0 Å². The van der Waals surface area contributed by atoms with Crippen LogP contribution >= 0.6 is 0 Å². The summed E-state index contributed by atoms with van der Waals surface area (Å²) in [7, 11) is 2.24. The van der Waals surface area contributed by atoms with Gasteiger partial charge >= 0.3 is 0 Å². The highest BCUT2D eigenvalue weighted by Gasteiger charge is 2.54. The van der Waals surface area contributed by atoms with Crippen molar-refractivity contribution in [2.45, 2.75) is 83.1 Å². The van der Waals surface area contributed by atoms with Crippen molar-refractivity contribution in [2.24, 2.45) is 23.2 Å². The van der Waals surface area contributed by atoms with Crippen LogP contribution in [0.5, 0.6) is 0 Å². The molecule has 0 aromatic rings. The van der Waals surface area contributed by atoms with Crippen LogP contribution in [0.25, 0.3) is 0 Å². The molecule has 4 bridgehead atoms. The summed E-state index contributed by atoms with van der Waals surface area (Å²) in [5, 5.41) is 3.81. The molecular weight excluding hydrogens is 254 g/mol. The van der Waals surface area contributed by atoms with Gasteiger partial charge in [-0.15, -0.1) is 0 Å². The first-order chi connectivity index (χ1) is 10.3. The van der Waals surface area contributed by atoms with Crippen LogP contribution in [-0.2, 0) is 0 Å². The average Bonchev–Trinajstić information content (AvgIpc) is 2.39. The van der Waals surface area contributed by atoms with Crippen LogP contribution < -0.4 is 5.32 Å². The SMILES string of the molecule is CNC(C1=CCCCCCC1)C12CC3CC(CC(C3)C1)C2. The smallest absolute Gasteiger partial charge is 0.0333 e. The van der Waals surface area contributed by atoms with Crippen LogP contribution in [0.2, 0.25) is 0 Å². The largest absolute Gasteiger partial charge is 0.313 e. The molecule has 0 radical (unpaired) electrons. The molecule has 4 saturated carbocycles. The highest BCUT2D eigenvalue weighted by molar-refractivity contribution is 5.20. The zero-order valence-electron chi connectivity index (χ0n) is 13.9. The molecule has 0 aromatic carbocycles. The number of rotatable bonds is 3. The van der Waals surface area contributed by atoms with Gasteiger partial charge in [-0.25, -0.2) is 0 Å². The van der Waals surface area contributed by atoms with Gasteiger partial charge in [0.25, 0.3) is 0 Å². The van der Waals surface area contributed by atoms with E-state index in [1.54, 1.807) is 24.8 Å². The first-order valence-electron chi connectivity index (χ1n) is 9.65. The summed E-state index contributed by atoms with van der Waals surface area (Å²) in [6.45, 7) is 0. The molecule has 1 atom stereocenters. The molecule has 0 heterocycles. The van der Waals surface area contributed by atoms with E-state index < -0.39 is 0 Å². The van der Waals surface area contributed by atoms with Crippen molar-refractivity contribution in [1.82, 2.24) is 5.32 Å². The summed E-state index contributed by atoms with van der Waals surface area (Å²) in [4.78, 5) is 0. The van der Waals surface area contributed by atoms with E-state index in [2.05, 4.69) is 18.4 Å². The normalized spacial score (nSPS) is 44.0. The second kappa shape index (κ2) is 5.72. The van der Waals surface area contributed by atoms with Gasteiger partial charge in [0.1, 0.15) is 0 Å². The van der Waals surface area contributed by atoms with E-state index in [9.17, 15) is 0 Å². The summed E-state index contributed by atoms with van der Waals surface area (Å²) in [5.74, 6) is 3.21. The van der Waals surface area contributed by atoms with Crippen molar-refractivity contribution in [3.8, 4) is 0 Å². The fraction of sp³-hybridized carbons (Fsp3) is 0.900. The molecule has 0 amide bonds. The second-order valence-corrected chi connectivity index (χ2v) is 8.73. The molecule has 0 spiro atoms. The maximum atomic E-state index is 3.81. The third kappa shape index (κ3) is 2.60. The minimum Gasteiger partial charge on any atom is -0.313 e. The first-order valence-corrected chi connectivity index (χ1v) is 9.65. The molecule has 5 aliphatic carbocycles. The summed E-state index contributed by atoms with van der Waals surface area (Å²) in [6, 6.07) is 0.698. The van der Waals surface area contributed by atoms with Crippen LogP contribution in [0, 0.1) is 23.2 Å². The van der Waals surface area contributed by atoms with E-state index in [1.807, 2.05) is 0 Å². The number of hydrogen-bond donors (Lipinski definition) is 1. The molecular formula is C20H33N. The molecule has 0 saturated heterocycles. The molecule has 1 N–H and O–H groups in total. The lowest BCUT2D eigenvalue weighted by atomic mass is 9.47. The van der Waals surface area contributed by atoms with E-state index in [0.29, 0.717) is 11.5 Å². The summed E-state index contributed by atoms with van der Waals surface area (Å²) < 4.78 is 0. The van der Waals surface area contributed by atoms with Crippen molar-refractivity contribution in [3.63, 3.8) is 0 Å². The quantitative estimate of drug-likeness (QED) is 0.714. The fourth-order valence-electron chi connectivity index (χ4n) is 6.89. The molecule has 1 unspecified atom stereocenters. The van der Waals surface area contributed by atoms with Crippen LogP contribution in [0.1, 0.15) is 77.0 Å². The summed E-state index contributed by atoms with van der Waals surface area (Å²) >= 11 is 0. The molecule has 0 aromatic heterocycles. The van der Waals surface area contributed by atoms with Gasteiger partial charge in [-0.1, -0.05) is 24.5 Å². The van der Waals surface area contributed by atoms with Crippen molar-refractivity contribution < 1.29 is 0 Å². The van der Waals surface area contributed by atoms with Crippen molar-refractivity contribution in [1.29, 1.82) is 0 Å². The predicted octanol–water partition coefficient (Wildman–Crippen LogP) is 5.07. The third-order valence-corrected chi connectivity index (χ3v) is 7.18. The van der Waals surface area contributed by atoms with Gasteiger partial charge in [-0.3, -0.25) is 0 Å². The number of nitrogens with one attached hydrogen (secondary N) is 1. The lowest BCUT2D eigenvalue weighted by Gasteiger charge is -2.60. The number of hydrogen-bond acceptors (Lipinski definition) is 1. The van der Waals surface area contributed by atoms with E-state index in [1.165, 1.54) is 57.8 Å². The number of allylic oxidation sites excluding steroid dienone is 1. The fourth-order valence-corrected chi connectivity index (χ4v) is 6.89. The molecule has 5 rings (SSSR count). The van der Waals surface area contributed by atoms with E-state index in [0.717, 1.165) is 17.8 Å². The monoisotopic (exact) mass is 287 g/mol. The molecule has 1 heteroatoms. The third-order valence-electron chi connectivity index (χ3n) is 7.18. The standard InChI is InChI=1S/C20H33N/c1-21-19(18-7-5-3-2-4-6-8-18)20-12-15-9-16(13-20)11-17(10-15)14-20/h7,15-17,19,21H,2-6,8-14H2,1H3. The van der Waals surface area contributed by atoms with Gasteiger partial charge in [0.15, 0.2) is 0 Å². The summed E-state index contributed by atoms with van der Waals surface area (Å²) in [5.41, 5.74) is 2.42. The highest BCUT2D eigenvalue weighted by atomic mass is 14.9. The Kier molecular flexibility index (Phi) is 3.90. The van der Waals surface area contributed by atoms with Gasteiger partial charge < -0.3 is 5.32 Å². The van der Waals surface area contributed by atoms with E-state index in [-0.39, 0.29) is 0 Å². The maximum absolute atomic E-state index is 3.81. The molecule has 118 valence electrons. The molecule has 0 aliphatic heterocycles. The first kappa shape index (κ1) is 14.3. The molecule has 1 nitrogen and oxygen atoms in total. The summed E-state index contributed by atoms with van der Waals surface area (Å²) in [6.07, 6.45) is 20.4. The Labute approximate surface area is 131 Å². The lowest BCUT2D eigenvalue weighted by Crippen LogP contribution is -2.56. The van der Waals surface area contributed by atoms with Gasteiger partial charge in [-0.2, -0.15) is 0 Å². The van der Waals surface area contributed by atoms with Crippen LogP contribution in [-0.4, -0.2) is 13.1 Å². The molecule has 5 aliphatic rings. The van der Waals surface area contributed by atoms with E-state index in [4.69, 9.17) is 0 Å². The predicted molar refractivity (Wildman–Crippen MR) is 89.2 cm³/mol. The Morgan fingerprint density at radius 3 is 2.19 bits per heavy atom. The topological polar surface area (TPSA) is 12.0 Å². The highest BCUT2D eigenvalue weighted by Crippen LogP contribution is 2.62. The zero-order valence-corrected chi connectivity index (χ0v) is 13.9. The Hall–Kier alpha value is -0.300. The van der Waals surface area contributed by atoms with Crippen molar-refractivity contribution in [3.05, 3.63) is 11.6 Å². The minimum absolute atomic E-state index is 0.633. The van der Waals surface area contributed by atoms with Gasteiger partial charge in [0.05, 0.1) is 0 Å².